The summed E-state index contributed by atoms with van der Waals surface area (Å²) in [4.78, 5) is 0. The van der Waals surface area contributed by atoms with Gasteiger partial charge in [0.1, 0.15) is 5.75 Å². The Balaban J connectivity index is 1.84. The Bertz CT molecular complexity index is 516. The lowest BCUT2D eigenvalue weighted by Gasteiger charge is -2.41. The quantitative estimate of drug-likeness (QED) is 0.677. The fourth-order valence-corrected chi connectivity index (χ4v) is 4.67. The van der Waals surface area contributed by atoms with Gasteiger partial charge in [0.25, 0.3) is 0 Å². The van der Waals surface area contributed by atoms with Crippen LogP contribution in [0.4, 0.5) is 0 Å². The Hall–Kier alpha value is -1.24. The van der Waals surface area contributed by atoms with Crippen molar-refractivity contribution in [1.29, 1.82) is 0 Å². The Morgan fingerprint density at radius 1 is 1.28 bits per heavy atom. The number of rotatable bonds is 1. The molecule has 0 N–H and O–H groups in total. The second-order valence-electron chi connectivity index (χ2n) is 6.22. The van der Waals surface area contributed by atoms with Gasteiger partial charge in [-0.25, -0.2) is 0 Å². The number of hydrogen-bond donors (Lipinski definition) is 0. The number of fused-ring (bicyclic) bond motifs is 5. The van der Waals surface area contributed by atoms with Crippen molar-refractivity contribution in [3.63, 3.8) is 0 Å². The summed E-state index contributed by atoms with van der Waals surface area (Å²) in [5.41, 5.74) is 3.65. The highest BCUT2D eigenvalue weighted by Crippen LogP contribution is 2.58. The lowest BCUT2D eigenvalue weighted by molar-refractivity contribution is 0.302. The van der Waals surface area contributed by atoms with Crippen LogP contribution < -0.4 is 4.74 Å². The molecule has 1 aromatic rings. The first kappa shape index (κ1) is 10.7. The van der Waals surface area contributed by atoms with Crippen LogP contribution in [0.25, 0.3) is 0 Å². The van der Waals surface area contributed by atoms with Crippen LogP contribution in [-0.2, 0) is 11.8 Å². The molecule has 94 valence electrons. The van der Waals surface area contributed by atoms with Crippen molar-refractivity contribution in [2.24, 2.45) is 11.8 Å². The summed E-state index contributed by atoms with van der Waals surface area (Å²) in [5.74, 6) is 2.67. The van der Waals surface area contributed by atoms with E-state index in [1.165, 1.54) is 32.1 Å². The SMILES string of the molecule is COc1ccc2c(c1)CCCC21CC2C=CC1C2. The van der Waals surface area contributed by atoms with Crippen molar-refractivity contribution >= 4 is 0 Å². The molecule has 1 fully saturated rings. The van der Waals surface area contributed by atoms with E-state index in [0.29, 0.717) is 5.41 Å². The Morgan fingerprint density at radius 3 is 2.94 bits per heavy atom. The summed E-state index contributed by atoms with van der Waals surface area (Å²) in [6.45, 7) is 0. The van der Waals surface area contributed by atoms with Crippen LogP contribution in [0, 0.1) is 11.8 Å². The first-order chi connectivity index (χ1) is 8.82. The summed E-state index contributed by atoms with van der Waals surface area (Å²) in [7, 11) is 1.76. The third-order valence-electron chi connectivity index (χ3n) is 5.43. The zero-order chi connectivity index (χ0) is 12.2. The zero-order valence-corrected chi connectivity index (χ0v) is 11.0. The number of aryl methyl sites for hydroxylation is 1. The van der Waals surface area contributed by atoms with Crippen molar-refractivity contribution in [3.05, 3.63) is 41.5 Å². The molecule has 0 radical (unpaired) electrons. The van der Waals surface area contributed by atoms with E-state index < -0.39 is 0 Å². The van der Waals surface area contributed by atoms with Crippen LogP contribution in [0.1, 0.15) is 36.8 Å². The molecule has 1 aromatic carbocycles. The predicted octanol–water partition coefficient (Wildman–Crippen LogP) is 3.87. The maximum absolute atomic E-state index is 5.38. The average molecular weight is 240 g/mol. The lowest BCUT2D eigenvalue weighted by Crippen LogP contribution is -2.34. The third kappa shape index (κ3) is 1.28. The maximum atomic E-state index is 5.38. The van der Waals surface area contributed by atoms with Gasteiger partial charge in [-0.3, -0.25) is 0 Å². The normalized spacial score (nSPS) is 36.1. The molecule has 0 saturated heterocycles. The highest BCUT2D eigenvalue weighted by atomic mass is 16.5. The van der Waals surface area contributed by atoms with Crippen LogP contribution in [-0.4, -0.2) is 7.11 Å². The molecule has 0 amide bonds. The highest BCUT2D eigenvalue weighted by molar-refractivity contribution is 5.45. The van der Waals surface area contributed by atoms with Gasteiger partial charge in [0.15, 0.2) is 0 Å². The van der Waals surface area contributed by atoms with Gasteiger partial charge in [-0.2, -0.15) is 0 Å². The van der Waals surface area contributed by atoms with Crippen molar-refractivity contribution in [2.75, 3.05) is 7.11 Å². The monoisotopic (exact) mass is 240 g/mol. The highest BCUT2D eigenvalue weighted by Gasteiger charge is 2.50. The fourth-order valence-electron chi connectivity index (χ4n) is 4.67. The number of methoxy groups -OCH3 is 1. The average Bonchev–Trinajstić information content (AvgIpc) is 2.99. The Morgan fingerprint density at radius 2 is 2.22 bits per heavy atom. The van der Waals surface area contributed by atoms with Gasteiger partial charge in [-0.1, -0.05) is 18.2 Å². The molecule has 3 unspecified atom stereocenters. The summed E-state index contributed by atoms with van der Waals surface area (Å²) >= 11 is 0. The van der Waals surface area contributed by atoms with Gasteiger partial charge in [0.05, 0.1) is 7.11 Å². The number of hydrogen-bond acceptors (Lipinski definition) is 1. The van der Waals surface area contributed by atoms with E-state index in [0.717, 1.165) is 17.6 Å². The van der Waals surface area contributed by atoms with Crippen molar-refractivity contribution in [3.8, 4) is 5.75 Å². The zero-order valence-electron chi connectivity index (χ0n) is 11.0. The van der Waals surface area contributed by atoms with E-state index in [9.17, 15) is 0 Å². The molecule has 3 aliphatic carbocycles. The minimum Gasteiger partial charge on any atom is -0.497 e. The summed E-state index contributed by atoms with van der Waals surface area (Å²) in [5, 5.41) is 0. The van der Waals surface area contributed by atoms with E-state index in [1.54, 1.807) is 18.2 Å². The minimum atomic E-state index is 0.471. The van der Waals surface area contributed by atoms with E-state index in [4.69, 9.17) is 4.74 Å². The van der Waals surface area contributed by atoms with Crippen LogP contribution in [0.3, 0.4) is 0 Å². The van der Waals surface area contributed by atoms with E-state index in [1.807, 2.05) is 0 Å². The number of ether oxygens (including phenoxy) is 1. The lowest BCUT2D eigenvalue weighted by atomic mass is 9.63. The summed E-state index contributed by atoms with van der Waals surface area (Å²) in [6.07, 6.45) is 11.7. The fraction of sp³-hybridized carbons (Fsp3) is 0.529. The van der Waals surface area contributed by atoms with Gasteiger partial charge < -0.3 is 4.74 Å². The smallest absolute Gasteiger partial charge is 0.119 e. The molecule has 3 aliphatic rings. The molecule has 18 heavy (non-hydrogen) atoms. The van der Waals surface area contributed by atoms with Gasteiger partial charge >= 0.3 is 0 Å². The van der Waals surface area contributed by atoms with E-state index in [2.05, 4.69) is 30.4 Å². The third-order valence-corrected chi connectivity index (χ3v) is 5.43. The molecule has 0 heterocycles. The molecule has 2 bridgehead atoms. The van der Waals surface area contributed by atoms with Gasteiger partial charge in [0.2, 0.25) is 0 Å². The molecule has 0 aromatic heterocycles. The van der Waals surface area contributed by atoms with Crippen molar-refractivity contribution < 1.29 is 4.74 Å². The standard InChI is InChI=1S/C17H20O/c1-18-15-6-7-16-13(10-15)3-2-8-17(16)11-12-4-5-14(17)9-12/h4-7,10,12,14H,2-3,8-9,11H2,1H3. The molecule has 1 nitrogen and oxygen atoms in total. The first-order valence-electron chi connectivity index (χ1n) is 7.17. The van der Waals surface area contributed by atoms with Crippen LogP contribution in [0.5, 0.6) is 5.75 Å². The molecule has 3 atom stereocenters. The first-order valence-corrected chi connectivity index (χ1v) is 7.17. The van der Waals surface area contributed by atoms with E-state index in [-0.39, 0.29) is 0 Å². The number of benzene rings is 1. The molecule has 1 saturated carbocycles. The summed E-state index contributed by atoms with van der Waals surface area (Å²) in [6, 6.07) is 6.77. The van der Waals surface area contributed by atoms with Crippen molar-refractivity contribution in [2.45, 2.75) is 37.5 Å². The van der Waals surface area contributed by atoms with Crippen LogP contribution in [0.15, 0.2) is 30.4 Å². The molecular formula is C17H20O. The largest absolute Gasteiger partial charge is 0.497 e. The topological polar surface area (TPSA) is 9.23 Å². The molecule has 0 aliphatic heterocycles. The van der Waals surface area contributed by atoms with E-state index >= 15 is 0 Å². The Kier molecular flexibility index (Phi) is 2.15. The van der Waals surface area contributed by atoms with Crippen LogP contribution >= 0.6 is 0 Å². The molecule has 4 rings (SSSR count). The predicted molar refractivity (Wildman–Crippen MR) is 73.0 cm³/mol. The van der Waals surface area contributed by atoms with Crippen molar-refractivity contribution in [1.82, 2.24) is 0 Å². The van der Waals surface area contributed by atoms with Crippen LogP contribution in [0.2, 0.25) is 0 Å². The molecular weight excluding hydrogens is 220 g/mol. The van der Waals surface area contributed by atoms with Gasteiger partial charge in [-0.05, 0) is 67.2 Å². The molecule has 1 heteroatoms. The maximum Gasteiger partial charge on any atom is 0.119 e. The Labute approximate surface area is 109 Å². The number of allylic oxidation sites excluding steroid dienone is 2. The minimum absolute atomic E-state index is 0.471. The van der Waals surface area contributed by atoms with Gasteiger partial charge in [-0.15, -0.1) is 0 Å². The van der Waals surface area contributed by atoms with Gasteiger partial charge in [0, 0.05) is 5.41 Å². The second-order valence-corrected chi connectivity index (χ2v) is 6.22. The molecule has 1 spiro atoms. The second kappa shape index (κ2) is 3.63. The summed E-state index contributed by atoms with van der Waals surface area (Å²) < 4.78 is 5.38.